The Labute approximate surface area is 140 Å². The van der Waals surface area contributed by atoms with E-state index in [1.165, 1.54) is 12.1 Å². The molecule has 0 amide bonds. The minimum absolute atomic E-state index is 0.293. The van der Waals surface area contributed by atoms with E-state index in [0.717, 1.165) is 11.3 Å². The van der Waals surface area contributed by atoms with Gasteiger partial charge >= 0.3 is 10.6 Å². The second kappa shape index (κ2) is 10.3. The lowest BCUT2D eigenvalue weighted by Gasteiger charge is -1.95. The van der Waals surface area contributed by atoms with Gasteiger partial charge in [-0.05, 0) is 36.4 Å². The first-order chi connectivity index (χ1) is 10.1. The lowest BCUT2D eigenvalue weighted by Crippen LogP contribution is -1.95. The Morgan fingerprint density at radius 3 is 1.41 bits per heavy atom. The molecule has 22 heavy (non-hydrogen) atoms. The summed E-state index contributed by atoms with van der Waals surface area (Å²) < 4.78 is 47.1. The number of hydrogen-bond acceptors (Lipinski definition) is 5. The summed E-state index contributed by atoms with van der Waals surface area (Å²) in [6.07, 6.45) is 1.16. The van der Waals surface area contributed by atoms with E-state index in [2.05, 4.69) is 0 Å². The van der Waals surface area contributed by atoms with Crippen molar-refractivity contribution in [3.8, 4) is 0 Å². The van der Waals surface area contributed by atoms with Gasteiger partial charge < -0.3 is 0 Å². The molecular formula is C13H12Cl2O5S2. The van der Waals surface area contributed by atoms with Gasteiger partial charge in [0.15, 0.2) is 9.84 Å². The molecule has 2 aromatic carbocycles. The number of benzene rings is 2. The standard InChI is InChI=1S/C7H7ClO2S.C6H5Cl.O3S/c1-11(9,10)7-4-2-6(8)3-5-7;7-6-4-2-1-3-5-6;1-4(2)3/h2-5H,1H3;1-5H;. The molecule has 2 rings (SSSR count). The van der Waals surface area contributed by atoms with E-state index in [1.54, 1.807) is 12.1 Å². The highest BCUT2D eigenvalue weighted by Gasteiger charge is 2.04. The lowest BCUT2D eigenvalue weighted by atomic mass is 10.4. The summed E-state index contributed by atoms with van der Waals surface area (Å²) >= 11 is 11.1. The third-order valence-electron chi connectivity index (χ3n) is 1.97. The smallest absolute Gasteiger partial charge is 0.224 e. The molecule has 0 fully saturated rings. The van der Waals surface area contributed by atoms with Crippen molar-refractivity contribution in [2.24, 2.45) is 0 Å². The third-order valence-corrected chi connectivity index (χ3v) is 3.61. The summed E-state index contributed by atoms with van der Waals surface area (Å²) in [5.74, 6) is 0. The highest BCUT2D eigenvalue weighted by molar-refractivity contribution is 7.90. The Bertz CT molecular complexity index is 764. The minimum Gasteiger partial charge on any atom is -0.224 e. The van der Waals surface area contributed by atoms with Gasteiger partial charge in [-0.2, -0.15) is 0 Å². The highest BCUT2D eigenvalue weighted by Crippen LogP contribution is 2.13. The van der Waals surface area contributed by atoms with Crippen molar-refractivity contribution in [3.63, 3.8) is 0 Å². The van der Waals surface area contributed by atoms with Crippen molar-refractivity contribution in [1.82, 2.24) is 0 Å². The van der Waals surface area contributed by atoms with Gasteiger partial charge in [-0.15, -0.1) is 12.6 Å². The zero-order valence-corrected chi connectivity index (χ0v) is 14.5. The number of rotatable bonds is 1. The van der Waals surface area contributed by atoms with Crippen molar-refractivity contribution in [1.29, 1.82) is 0 Å². The van der Waals surface area contributed by atoms with Crippen molar-refractivity contribution in [3.05, 3.63) is 64.6 Å². The van der Waals surface area contributed by atoms with E-state index in [4.69, 9.17) is 35.8 Å². The monoisotopic (exact) mass is 382 g/mol. The summed E-state index contributed by atoms with van der Waals surface area (Å²) in [7, 11) is -6.19. The van der Waals surface area contributed by atoms with E-state index in [1.807, 2.05) is 30.3 Å². The molecular weight excluding hydrogens is 371 g/mol. The van der Waals surface area contributed by atoms with Crippen LogP contribution >= 0.6 is 23.2 Å². The van der Waals surface area contributed by atoms with Gasteiger partial charge in [0.2, 0.25) is 0 Å². The molecule has 0 atom stereocenters. The predicted octanol–water partition coefficient (Wildman–Crippen LogP) is 3.08. The normalized spacial score (nSPS) is 9.59. The predicted molar refractivity (Wildman–Crippen MR) is 85.7 cm³/mol. The molecule has 0 spiro atoms. The van der Waals surface area contributed by atoms with Gasteiger partial charge in [-0.1, -0.05) is 41.4 Å². The van der Waals surface area contributed by atoms with Crippen LogP contribution in [0.4, 0.5) is 0 Å². The Kier molecular flexibility index (Phi) is 9.68. The quantitative estimate of drug-likeness (QED) is 0.756. The van der Waals surface area contributed by atoms with Gasteiger partial charge in [0, 0.05) is 16.3 Å². The second-order valence-corrected chi connectivity index (χ2v) is 7.02. The van der Waals surface area contributed by atoms with Gasteiger partial charge in [0.25, 0.3) is 0 Å². The van der Waals surface area contributed by atoms with Gasteiger partial charge in [-0.25, -0.2) is 8.42 Å². The van der Waals surface area contributed by atoms with Crippen LogP contribution in [0, 0.1) is 0 Å². The maximum absolute atomic E-state index is 10.9. The molecule has 0 aliphatic heterocycles. The van der Waals surface area contributed by atoms with Crippen LogP contribution in [0.5, 0.6) is 0 Å². The topological polar surface area (TPSA) is 85.3 Å². The van der Waals surface area contributed by atoms with E-state index >= 15 is 0 Å². The molecule has 2 aromatic rings. The lowest BCUT2D eigenvalue weighted by molar-refractivity contribution is 0.559. The summed E-state index contributed by atoms with van der Waals surface area (Å²) in [5.41, 5.74) is 0. The Hall–Kier alpha value is -1.41. The number of hydrogen-bond donors (Lipinski definition) is 0. The van der Waals surface area contributed by atoms with Crippen molar-refractivity contribution in [2.75, 3.05) is 6.26 Å². The highest BCUT2D eigenvalue weighted by atomic mass is 35.5. The van der Waals surface area contributed by atoms with Gasteiger partial charge in [0.05, 0.1) is 4.90 Å². The minimum atomic E-state index is -3.11. The zero-order valence-electron chi connectivity index (χ0n) is 11.3. The SMILES string of the molecule is CS(=O)(=O)c1ccc(Cl)cc1.Clc1ccccc1.O=S(=O)=O. The van der Waals surface area contributed by atoms with Gasteiger partial charge in [-0.3, -0.25) is 0 Å². The first kappa shape index (κ1) is 20.6. The summed E-state index contributed by atoms with van der Waals surface area (Å²) in [4.78, 5) is 0.293. The molecule has 120 valence electrons. The molecule has 0 saturated heterocycles. The zero-order chi connectivity index (χ0) is 17.2. The van der Waals surface area contributed by atoms with Crippen LogP contribution in [0.15, 0.2) is 59.5 Å². The van der Waals surface area contributed by atoms with Crippen molar-refractivity contribution >= 4 is 43.6 Å². The largest absolute Gasteiger partial charge is 0.425 e. The molecule has 5 nitrogen and oxygen atoms in total. The molecule has 0 aromatic heterocycles. The fourth-order valence-corrected chi connectivity index (χ4v) is 2.00. The fourth-order valence-electron chi connectivity index (χ4n) is 1.10. The van der Waals surface area contributed by atoms with Crippen LogP contribution < -0.4 is 0 Å². The van der Waals surface area contributed by atoms with Crippen LogP contribution in [-0.4, -0.2) is 27.3 Å². The molecule has 0 aliphatic carbocycles. The summed E-state index contributed by atoms with van der Waals surface area (Å²) in [5, 5.41) is 1.33. The average Bonchev–Trinajstić information content (AvgIpc) is 2.39. The number of sulfone groups is 1. The van der Waals surface area contributed by atoms with E-state index < -0.39 is 20.4 Å². The molecule has 0 radical (unpaired) electrons. The molecule has 0 aliphatic rings. The van der Waals surface area contributed by atoms with Crippen LogP contribution in [0.25, 0.3) is 0 Å². The maximum atomic E-state index is 10.9. The van der Waals surface area contributed by atoms with Crippen molar-refractivity contribution < 1.29 is 21.0 Å². The number of halogens is 2. The Morgan fingerprint density at radius 2 is 1.14 bits per heavy atom. The molecule has 0 heterocycles. The summed E-state index contributed by atoms with van der Waals surface area (Å²) in [6, 6.07) is 15.5. The van der Waals surface area contributed by atoms with Crippen LogP contribution in [0.2, 0.25) is 10.0 Å². The van der Waals surface area contributed by atoms with Crippen LogP contribution in [0.3, 0.4) is 0 Å². The molecule has 9 heteroatoms. The molecule has 0 N–H and O–H groups in total. The first-order valence-electron chi connectivity index (χ1n) is 5.56. The third kappa shape index (κ3) is 11.3. The Morgan fingerprint density at radius 1 is 0.773 bits per heavy atom. The van der Waals surface area contributed by atoms with E-state index in [0.29, 0.717) is 9.92 Å². The van der Waals surface area contributed by atoms with Crippen molar-refractivity contribution in [2.45, 2.75) is 4.90 Å². The summed E-state index contributed by atoms with van der Waals surface area (Å²) in [6.45, 7) is 0. The van der Waals surface area contributed by atoms with Crippen LogP contribution in [-0.2, 0) is 20.4 Å². The molecule has 0 unspecified atom stereocenters. The first-order valence-corrected chi connectivity index (χ1v) is 9.20. The maximum Gasteiger partial charge on any atom is 0.425 e. The molecule has 0 saturated carbocycles. The molecule has 0 bridgehead atoms. The Balaban J connectivity index is 0.000000343. The van der Waals surface area contributed by atoms with E-state index in [-0.39, 0.29) is 0 Å². The van der Waals surface area contributed by atoms with Gasteiger partial charge in [0.1, 0.15) is 0 Å². The van der Waals surface area contributed by atoms with Crippen LogP contribution in [0.1, 0.15) is 0 Å². The average molecular weight is 383 g/mol. The fraction of sp³-hybridized carbons (Fsp3) is 0.0769. The second-order valence-electron chi connectivity index (χ2n) is 3.73. The van der Waals surface area contributed by atoms with E-state index in [9.17, 15) is 8.42 Å².